The topological polar surface area (TPSA) is 88.6 Å². The van der Waals surface area contributed by atoms with Gasteiger partial charge in [0.15, 0.2) is 5.65 Å². The summed E-state index contributed by atoms with van der Waals surface area (Å²) in [6.45, 7) is 5.66. The highest BCUT2D eigenvalue weighted by Gasteiger charge is 2.15. The lowest BCUT2D eigenvalue weighted by Crippen LogP contribution is -2.28. The Hall–Kier alpha value is -3.26. The number of nitrogens with one attached hydrogen (secondary N) is 1. The van der Waals surface area contributed by atoms with Crippen molar-refractivity contribution in [2.75, 3.05) is 31.1 Å². The van der Waals surface area contributed by atoms with Gasteiger partial charge in [0, 0.05) is 37.4 Å². The molecule has 1 aliphatic rings. The Labute approximate surface area is 160 Å². The second-order valence-corrected chi connectivity index (χ2v) is 7.02. The minimum Gasteiger partial charge on any atom is -0.403 e. The molecule has 0 bridgehead atoms. The molecule has 0 amide bonds. The maximum atomic E-state index is 12.6. The van der Waals surface area contributed by atoms with E-state index in [0.717, 1.165) is 49.5 Å². The monoisotopic (exact) mass is 376 g/mol. The summed E-state index contributed by atoms with van der Waals surface area (Å²) in [4.78, 5) is 28.2. The zero-order valence-electron chi connectivity index (χ0n) is 15.6. The molecule has 1 saturated heterocycles. The number of rotatable bonds is 2. The van der Waals surface area contributed by atoms with Crippen molar-refractivity contribution in [2.24, 2.45) is 0 Å². The molecule has 142 valence electrons. The minimum absolute atomic E-state index is 0.352. The quantitative estimate of drug-likeness (QED) is 0.572. The van der Waals surface area contributed by atoms with E-state index in [4.69, 9.17) is 4.42 Å². The summed E-state index contributed by atoms with van der Waals surface area (Å²) in [7, 11) is 0. The first-order valence-electron chi connectivity index (χ1n) is 9.40. The van der Waals surface area contributed by atoms with Gasteiger partial charge in [-0.2, -0.15) is 4.98 Å². The summed E-state index contributed by atoms with van der Waals surface area (Å²) >= 11 is 0. The van der Waals surface area contributed by atoms with Crippen molar-refractivity contribution in [3.05, 3.63) is 52.9 Å². The van der Waals surface area contributed by atoms with Gasteiger partial charge in [-0.15, -0.1) is 0 Å². The van der Waals surface area contributed by atoms with Gasteiger partial charge >= 0.3 is 5.63 Å². The third-order valence-electron chi connectivity index (χ3n) is 4.99. The number of pyridine rings is 1. The first-order chi connectivity index (χ1) is 13.7. The Morgan fingerprint density at radius 1 is 1.14 bits per heavy atom. The number of hydrogen-bond donors (Lipinski definition) is 1. The van der Waals surface area contributed by atoms with Gasteiger partial charge in [-0.1, -0.05) is 0 Å². The van der Waals surface area contributed by atoms with Gasteiger partial charge in [0.2, 0.25) is 5.71 Å². The second kappa shape index (κ2) is 6.72. The third kappa shape index (κ3) is 3.01. The lowest BCUT2D eigenvalue weighted by Gasteiger charge is -2.20. The maximum Gasteiger partial charge on any atom is 0.347 e. The van der Waals surface area contributed by atoms with Crippen LogP contribution in [0.3, 0.4) is 0 Å². The molecular formula is C20H20N6O2. The fourth-order valence-electron chi connectivity index (χ4n) is 3.55. The van der Waals surface area contributed by atoms with E-state index in [1.807, 2.05) is 35.9 Å². The molecule has 0 unspecified atom stereocenters. The van der Waals surface area contributed by atoms with Crippen molar-refractivity contribution in [1.82, 2.24) is 24.7 Å². The Kier molecular flexibility index (Phi) is 4.05. The number of aromatic nitrogens is 4. The van der Waals surface area contributed by atoms with Gasteiger partial charge in [-0.05, 0) is 38.1 Å². The molecule has 0 saturated carbocycles. The lowest BCUT2D eigenvalue weighted by atomic mass is 10.2. The van der Waals surface area contributed by atoms with Crippen molar-refractivity contribution in [3.8, 4) is 11.3 Å². The molecule has 8 heteroatoms. The van der Waals surface area contributed by atoms with Crippen molar-refractivity contribution >= 4 is 22.6 Å². The number of aryl methyl sites for hydroxylation is 1. The molecule has 1 fully saturated rings. The van der Waals surface area contributed by atoms with Crippen LogP contribution in [0.15, 0.2) is 46.0 Å². The Morgan fingerprint density at radius 2 is 2.07 bits per heavy atom. The molecule has 4 aromatic rings. The normalized spacial score (nSPS) is 15.2. The van der Waals surface area contributed by atoms with Crippen molar-refractivity contribution in [3.63, 3.8) is 0 Å². The first kappa shape index (κ1) is 16.9. The molecule has 28 heavy (non-hydrogen) atoms. The highest BCUT2D eigenvalue weighted by Crippen LogP contribution is 2.23. The highest BCUT2D eigenvalue weighted by atomic mass is 16.4. The van der Waals surface area contributed by atoms with Crippen LogP contribution in [0.4, 0.5) is 5.82 Å². The smallest absolute Gasteiger partial charge is 0.347 e. The molecule has 0 atom stereocenters. The Balaban J connectivity index is 1.56. The summed E-state index contributed by atoms with van der Waals surface area (Å²) in [6, 6.07) is 5.72. The van der Waals surface area contributed by atoms with Gasteiger partial charge in [-0.3, -0.25) is 4.98 Å². The Bertz CT molecular complexity index is 1220. The average Bonchev–Trinajstić information content (AvgIpc) is 2.91. The van der Waals surface area contributed by atoms with E-state index >= 15 is 0 Å². The molecule has 0 spiro atoms. The van der Waals surface area contributed by atoms with Gasteiger partial charge in [0.05, 0.1) is 23.1 Å². The number of imidazole rings is 1. The van der Waals surface area contributed by atoms with Gasteiger partial charge in [0.1, 0.15) is 5.82 Å². The zero-order valence-corrected chi connectivity index (χ0v) is 15.6. The van der Waals surface area contributed by atoms with Crippen LogP contribution in [0, 0.1) is 6.92 Å². The van der Waals surface area contributed by atoms with Gasteiger partial charge in [0.25, 0.3) is 0 Å². The predicted octanol–water partition coefficient (Wildman–Crippen LogP) is 2.01. The summed E-state index contributed by atoms with van der Waals surface area (Å²) in [5, 5.41) is 4.15. The number of anilines is 1. The number of nitrogens with zero attached hydrogens (tertiary/aromatic N) is 5. The van der Waals surface area contributed by atoms with E-state index in [2.05, 4.69) is 25.2 Å². The molecule has 5 rings (SSSR count). The summed E-state index contributed by atoms with van der Waals surface area (Å²) in [6.07, 6.45) is 6.43. The summed E-state index contributed by atoms with van der Waals surface area (Å²) < 4.78 is 7.41. The molecule has 0 radical (unpaired) electrons. The van der Waals surface area contributed by atoms with E-state index in [1.54, 1.807) is 12.3 Å². The number of fused-ring (bicyclic) bond motifs is 2. The van der Waals surface area contributed by atoms with Crippen molar-refractivity contribution < 1.29 is 4.42 Å². The van der Waals surface area contributed by atoms with Crippen molar-refractivity contribution in [2.45, 2.75) is 13.3 Å². The molecule has 0 aromatic carbocycles. The van der Waals surface area contributed by atoms with Crippen molar-refractivity contribution in [1.29, 1.82) is 0 Å². The SMILES string of the molecule is Cc1cn2cc(-c3cc4ccc(N5CCCNCC5)nc4oc3=O)nc2cn1. The van der Waals surface area contributed by atoms with Gasteiger partial charge in [-0.25, -0.2) is 9.78 Å². The lowest BCUT2D eigenvalue weighted by molar-refractivity contribution is 0.551. The fourth-order valence-corrected chi connectivity index (χ4v) is 3.55. The number of hydrogen-bond acceptors (Lipinski definition) is 7. The molecule has 1 N–H and O–H groups in total. The summed E-state index contributed by atoms with van der Waals surface area (Å²) in [5.74, 6) is 0.835. The molecule has 1 aliphatic heterocycles. The molecule has 8 nitrogen and oxygen atoms in total. The molecule has 5 heterocycles. The van der Waals surface area contributed by atoms with E-state index in [0.29, 0.717) is 22.6 Å². The van der Waals surface area contributed by atoms with Crippen LogP contribution < -0.4 is 15.8 Å². The van der Waals surface area contributed by atoms with Crippen LogP contribution in [0.2, 0.25) is 0 Å². The van der Waals surface area contributed by atoms with Crippen LogP contribution in [0.5, 0.6) is 0 Å². The van der Waals surface area contributed by atoms with E-state index in [9.17, 15) is 4.79 Å². The van der Waals surface area contributed by atoms with E-state index in [1.165, 1.54) is 0 Å². The van der Waals surface area contributed by atoms with Crippen LogP contribution in [-0.4, -0.2) is 45.5 Å². The first-order valence-corrected chi connectivity index (χ1v) is 9.40. The predicted molar refractivity (Wildman–Crippen MR) is 107 cm³/mol. The van der Waals surface area contributed by atoms with E-state index < -0.39 is 5.63 Å². The molecular weight excluding hydrogens is 356 g/mol. The average molecular weight is 376 g/mol. The van der Waals surface area contributed by atoms with Crippen LogP contribution in [0.25, 0.3) is 28.0 Å². The Morgan fingerprint density at radius 3 is 3.00 bits per heavy atom. The standard InChI is InChI=1S/C20H20N6O2/c1-13-11-26-12-16(23-18(26)10-22-13)15-9-14-3-4-17(24-19(14)28-20(15)27)25-7-2-5-21-6-8-25/h3-4,9-12,21H,2,5-8H2,1H3. The molecule has 0 aliphatic carbocycles. The maximum absolute atomic E-state index is 12.6. The van der Waals surface area contributed by atoms with Crippen LogP contribution in [-0.2, 0) is 0 Å². The van der Waals surface area contributed by atoms with Crippen LogP contribution in [0.1, 0.15) is 12.1 Å². The van der Waals surface area contributed by atoms with Gasteiger partial charge < -0.3 is 19.0 Å². The zero-order chi connectivity index (χ0) is 19.1. The molecule has 4 aromatic heterocycles. The fraction of sp³-hybridized carbons (Fsp3) is 0.300. The minimum atomic E-state index is -0.442. The van der Waals surface area contributed by atoms with E-state index in [-0.39, 0.29) is 0 Å². The third-order valence-corrected chi connectivity index (χ3v) is 4.99. The van der Waals surface area contributed by atoms with Crippen LogP contribution >= 0.6 is 0 Å². The largest absolute Gasteiger partial charge is 0.403 e. The highest BCUT2D eigenvalue weighted by molar-refractivity contribution is 5.80. The second-order valence-electron chi connectivity index (χ2n) is 7.02. The summed E-state index contributed by atoms with van der Waals surface area (Å²) in [5.41, 5.74) is 2.45.